The summed E-state index contributed by atoms with van der Waals surface area (Å²) < 4.78 is 58.8. The number of ether oxygens (including phenoxy) is 3. The van der Waals surface area contributed by atoms with Crippen LogP contribution in [0.15, 0.2) is 90.0 Å². The summed E-state index contributed by atoms with van der Waals surface area (Å²) in [6.07, 6.45) is 21.9. The van der Waals surface area contributed by atoms with Gasteiger partial charge in [-0.15, -0.1) is 0 Å². The van der Waals surface area contributed by atoms with Crippen molar-refractivity contribution in [2.45, 2.75) is 179 Å². The van der Waals surface area contributed by atoms with Crippen molar-refractivity contribution in [2.24, 2.45) is 11.8 Å². The summed E-state index contributed by atoms with van der Waals surface area (Å²) in [5.74, 6) is -5.30. The summed E-state index contributed by atoms with van der Waals surface area (Å²) in [6, 6.07) is 1.22. The number of aliphatic hydroxyl groups is 4. The van der Waals surface area contributed by atoms with E-state index in [9.17, 15) is 58.5 Å². The van der Waals surface area contributed by atoms with Gasteiger partial charge in [0.15, 0.2) is 6.10 Å². The smallest absolute Gasteiger partial charge is 0.462 e. The molecule has 2 aliphatic rings. The van der Waals surface area contributed by atoms with Crippen LogP contribution in [0.5, 0.6) is 0 Å². The second-order valence-electron chi connectivity index (χ2n) is 18.4. The minimum atomic E-state index is -5.73. The summed E-state index contributed by atoms with van der Waals surface area (Å²) in [7, 11) is -11.3. The van der Waals surface area contributed by atoms with Crippen LogP contribution in [0.2, 0.25) is 0 Å². The molecule has 2 unspecified atom stereocenters. The van der Waals surface area contributed by atoms with Crippen molar-refractivity contribution >= 4 is 39.2 Å². The van der Waals surface area contributed by atoms with Crippen molar-refractivity contribution in [1.82, 2.24) is 9.55 Å². The molecule has 0 aromatic carbocycles. The van der Waals surface area contributed by atoms with E-state index in [1.165, 1.54) is 37.5 Å². The van der Waals surface area contributed by atoms with E-state index in [2.05, 4.69) is 52.7 Å². The number of fused-ring (bicyclic) bond motifs is 3. The molecule has 3 rings (SSSR count). The molecule has 23 heteroatoms. The molecule has 2 bridgehead atoms. The van der Waals surface area contributed by atoms with Crippen molar-refractivity contribution in [1.29, 1.82) is 0 Å². The maximum Gasteiger partial charge on any atom is 0.481 e. The highest BCUT2D eigenvalue weighted by molar-refractivity contribution is 7.61. The maximum absolute atomic E-state index is 13.9. The number of nitrogen functional groups attached to an aromatic ring is 1. The van der Waals surface area contributed by atoms with E-state index in [4.69, 9.17) is 29.0 Å². The lowest BCUT2D eigenvalue weighted by molar-refractivity contribution is -0.186. The Morgan fingerprint density at radius 1 is 0.867 bits per heavy atom. The lowest BCUT2D eigenvalue weighted by Crippen LogP contribution is -2.51. The largest absolute Gasteiger partial charge is 0.481 e. The Hall–Kier alpha value is -4.21. The van der Waals surface area contributed by atoms with Crippen LogP contribution >= 0.6 is 15.6 Å². The van der Waals surface area contributed by atoms with E-state index in [0.717, 1.165) is 49.3 Å². The minimum absolute atomic E-state index is 0.00287. The number of nitrogens with zero attached hydrogens (tertiary/aromatic N) is 2. The molecule has 1 saturated heterocycles. The highest BCUT2D eigenvalue weighted by Crippen LogP contribution is 2.60. The molecule has 3 heterocycles. The Balaban J connectivity index is 1.77. The Labute approximate surface area is 440 Å². The highest BCUT2D eigenvalue weighted by atomic mass is 31.3. The number of allylic oxidation sites excluding steroid dienone is 10. The van der Waals surface area contributed by atoms with Crippen LogP contribution in [0.1, 0.15) is 142 Å². The van der Waals surface area contributed by atoms with Crippen molar-refractivity contribution in [2.75, 3.05) is 25.6 Å². The van der Waals surface area contributed by atoms with Gasteiger partial charge in [-0.25, -0.2) is 13.9 Å². The molecule has 0 aliphatic carbocycles. The van der Waals surface area contributed by atoms with E-state index >= 15 is 0 Å². The number of anilines is 1. The number of hydrogen-bond donors (Lipinski definition) is 7. The van der Waals surface area contributed by atoms with Gasteiger partial charge in [-0.2, -0.15) is 9.29 Å². The zero-order chi connectivity index (χ0) is 55.1. The predicted molar refractivity (Wildman–Crippen MR) is 280 cm³/mol. The predicted octanol–water partition coefficient (Wildman–Crippen LogP) is 7.48. The van der Waals surface area contributed by atoms with E-state index in [0.29, 0.717) is 25.7 Å². The first kappa shape index (κ1) is 65.1. The lowest BCUT2D eigenvalue weighted by Gasteiger charge is -2.39. The molecule has 21 nitrogen and oxygen atoms in total. The molecular weight excluding hydrogens is 1020 g/mol. The molecule has 0 amide bonds. The lowest BCUT2D eigenvalue weighted by atomic mass is 9.83. The standard InChI is InChI=1S/C52H81N3O18P2/c1-3-5-7-8-9-10-11-12-13-14-15-16-17-18-19-20-25-29-47(59)68-36-40-37-69-74(64,65)73-75(66,67)70-38-45-50(62)49(61)41(32-31-39(56)27-23-6-4-2)43(57)35-44(58)42(28-24-21-22-26-30-48(60)71-40)51(72-45)55-34-33-46(53)54-52(55)63/h9-10,12-13,15-16,18-19,21,24,31-34,39-42,44-45,49-51,56,58,61-62H,3-8,11,14,17,20,22-23,25-30,35-38H2,1-2H3,(H,64,65)(H,66,67)(H2,53,54,63)/b10-9-,13-12-,16-15-,19-18-,24-21?,32-31?/t39-,40+,41-,42-,44-,45+,49-,50+,51+/m0/s1. The van der Waals surface area contributed by atoms with Gasteiger partial charge in [-0.05, 0) is 76.7 Å². The number of esters is 2. The number of aromatic nitrogens is 2. The SMILES string of the molecule is CCCCC/C=C\C/C=C\C/C=C\C/C=C\CCCC(=O)OC[C@@H]1COP(=O)(O)OP(=O)(O)OC[C@H]2O[C@@H](n3ccc(N)nc3=O)[C@@H](CC=CCCCC(=O)O1)[C@@H](O)CC(=O)[C@H](C=C[C@@H](O)CCCCC)[C@H](O)[C@@H]2O. The van der Waals surface area contributed by atoms with E-state index in [1.54, 1.807) is 12.2 Å². The molecule has 1 fully saturated rings. The van der Waals surface area contributed by atoms with Crippen LogP contribution in [0.25, 0.3) is 0 Å². The Morgan fingerprint density at radius 2 is 1.49 bits per heavy atom. The topological polar surface area (TPSA) is 323 Å². The van der Waals surface area contributed by atoms with E-state index in [-0.39, 0.29) is 37.9 Å². The second kappa shape index (κ2) is 36.0. The first-order valence-corrected chi connectivity index (χ1v) is 29.0. The summed E-state index contributed by atoms with van der Waals surface area (Å²) in [6.45, 7) is 1.36. The van der Waals surface area contributed by atoms with Gasteiger partial charge in [-0.3, -0.25) is 28.0 Å². The zero-order valence-electron chi connectivity index (χ0n) is 43.3. The number of phosphoric acid groups is 2. The molecular formula is C52H81N3O18P2. The quantitative estimate of drug-likeness (QED) is 0.0242. The molecule has 0 saturated carbocycles. The Bertz CT molecular complexity index is 2210. The monoisotopic (exact) mass is 1100 g/mol. The Morgan fingerprint density at radius 3 is 2.15 bits per heavy atom. The third kappa shape index (κ3) is 26.6. The molecule has 1 aromatic heterocycles. The number of hydrogen-bond acceptors (Lipinski definition) is 18. The summed E-state index contributed by atoms with van der Waals surface area (Å²) in [5, 5.41) is 45.7. The molecule has 0 spiro atoms. The van der Waals surface area contributed by atoms with Crippen molar-refractivity contribution < 1.29 is 81.3 Å². The number of carbonyl (C=O) groups is 3. The minimum Gasteiger partial charge on any atom is -0.462 e. The van der Waals surface area contributed by atoms with Gasteiger partial charge in [0.2, 0.25) is 0 Å². The van der Waals surface area contributed by atoms with Crippen LogP contribution in [0.3, 0.4) is 0 Å². The summed E-state index contributed by atoms with van der Waals surface area (Å²) in [5.41, 5.74) is 4.74. The average Bonchev–Trinajstić information content (AvgIpc) is 3.35. The maximum atomic E-state index is 13.9. The summed E-state index contributed by atoms with van der Waals surface area (Å²) >= 11 is 0. The van der Waals surface area contributed by atoms with Gasteiger partial charge in [0.1, 0.15) is 36.6 Å². The van der Waals surface area contributed by atoms with Crippen LogP contribution in [-0.4, -0.2) is 114 Å². The van der Waals surface area contributed by atoms with E-state index < -0.39 is 120 Å². The molecule has 8 N–H and O–H groups in total. The zero-order valence-corrected chi connectivity index (χ0v) is 45.1. The van der Waals surface area contributed by atoms with Crippen molar-refractivity contribution in [3.05, 3.63) is 95.7 Å². The first-order valence-electron chi connectivity index (χ1n) is 26.1. The van der Waals surface area contributed by atoms with Gasteiger partial charge in [0, 0.05) is 31.4 Å². The number of aliphatic hydroxyl groups excluding tert-OH is 4. The van der Waals surface area contributed by atoms with Gasteiger partial charge in [0.05, 0.1) is 37.4 Å². The molecule has 75 heavy (non-hydrogen) atoms. The summed E-state index contributed by atoms with van der Waals surface area (Å²) in [4.78, 5) is 78.0. The van der Waals surface area contributed by atoms with Gasteiger partial charge in [-0.1, -0.05) is 119 Å². The van der Waals surface area contributed by atoms with Crippen LogP contribution < -0.4 is 11.4 Å². The number of ketones is 1. The number of rotatable bonds is 23. The van der Waals surface area contributed by atoms with Crippen LogP contribution in [0, 0.1) is 11.8 Å². The number of unbranched alkanes of at least 4 members (excludes halogenated alkanes) is 6. The molecule has 422 valence electrons. The normalized spacial score (nSPS) is 28.9. The van der Waals surface area contributed by atoms with Gasteiger partial charge >= 0.3 is 33.3 Å². The van der Waals surface area contributed by atoms with Crippen molar-refractivity contribution in [3.63, 3.8) is 0 Å². The number of phosphoric ester groups is 2. The number of nitrogens with two attached hydrogens (primary N) is 1. The third-order valence-electron chi connectivity index (χ3n) is 12.1. The molecule has 1 aromatic rings. The second-order valence-corrected chi connectivity index (χ2v) is 21.5. The highest BCUT2D eigenvalue weighted by Gasteiger charge is 2.45. The fourth-order valence-electron chi connectivity index (χ4n) is 7.94. The molecule has 2 aliphatic heterocycles. The van der Waals surface area contributed by atoms with Gasteiger partial charge < -0.3 is 50.2 Å². The fourth-order valence-corrected chi connectivity index (χ4v) is 10.1. The van der Waals surface area contributed by atoms with Crippen LogP contribution in [0.4, 0.5) is 5.82 Å². The number of Topliss-reactive ketones (excluding diaryl/α,β-unsaturated/α-hetero) is 1. The third-order valence-corrected chi connectivity index (χ3v) is 14.7. The van der Waals surface area contributed by atoms with Gasteiger partial charge in [0.25, 0.3) is 0 Å². The Kier molecular flexibility index (Phi) is 31.2. The fraction of sp³-hybridized carbons (Fsp3) is 0.635. The number of cyclic esters (lactones) is 1. The first-order chi connectivity index (χ1) is 35.9. The molecule has 0 radical (unpaired) electrons. The number of carbonyl (C=O) groups excluding carboxylic acids is 3. The molecule has 11 atom stereocenters. The van der Waals surface area contributed by atoms with E-state index in [1.807, 2.05) is 19.1 Å². The van der Waals surface area contributed by atoms with Crippen molar-refractivity contribution in [3.8, 4) is 0 Å². The average molecular weight is 1100 g/mol. The van der Waals surface area contributed by atoms with Crippen LogP contribution in [-0.2, 0) is 51.1 Å².